The minimum atomic E-state index is 0. The van der Waals surface area contributed by atoms with Crippen LogP contribution in [-0.4, -0.2) is 74.7 Å². The number of hydrogen-bond donors (Lipinski definition) is 2. The predicted molar refractivity (Wildman–Crippen MR) is 123 cm³/mol. The average Bonchev–Trinajstić information content (AvgIpc) is 2.64. The average molecular weight is 473 g/mol. The van der Waals surface area contributed by atoms with E-state index < -0.39 is 0 Å². The summed E-state index contributed by atoms with van der Waals surface area (Å²) in [5.41, 5.74) is 1.40. The van der Waals surface area contributed by atoms with Crippen LogP contribution in [0.4, 0.5) is 0 Å². The third-order valence-electron chi connectivity index (χ3n) is 4.80. The van der Waals surface area contributed by atoms with Crippen molar-refractivity contribution in [2.45, 2.75) is 32.7 Å². The van der Waals surface area contributed by atoms with E-state index in [9.17, 15) is 0 Å². The zero-order valence-corrected chi connectivity index (χ0v) is 18.9. The minimum absolute atomic E-state index is 0. The zero-order valence-electron chi connectivity index (χ0n) is 16.6. The van der Waals surface area contributed by atoms with Crippen LogP contribution in [0, 0.1) is 0 Å². The lowest BCUT2D eigenvalue weighted by Crippen LogP contribution is -2.49. The molecule has 2 rings (SSSR count). The number of benzene rings is 1. The molecule has 1 atom stereocenters. The van der Waals surface area contributed by atoms with Gasteiger partial charge in [0.1, 0.15) is 0 Å². The summed E-state index contributed by atoms with van der Waals surface area (Å²) in [5.74, 6) is 0.941. The number of aliphatic imine (C=N–C) groups is 1. The van der Waals surface area contributed by atoms with Crippen LogP contribution in [0.5, 0.6) is 0 Å². The number of likely N-dealkylation sites (N-methyl/N-ethyl adjacent to an activating group) is 1. The molecule has 0 aromatic heterocycles. The molecule has 0 aliphatic carbocycles. The van der Waals surface area contributed by atoms with Crippen molar-refractivity contribution in [1.82, 2.24) is 20.4 Å². The molecule has 148 valence electrons. The van der Waals surface area contributed by atoms with Crippen LogP contribution < -0.4 is 10.6 Å². The molecular formula is C20H36IN5. The van der Waals surface area contributed by atoms with Gasteiger partial charge in [0, 0.05) is 45.3 Å². The number of piperazine rings is 1. The molecule has 1 aliphatic heterocycles. The van der Waals surface area contributed by atoms with Crippen molar-refractivity contribution in [3.63, 3.8) is 0 Å². The summed E-state index contributed by atoms with van der Waals surface area (Å²) in [6, 6.07) is 11.2. The van der Waals surface area contributed by atoms with Gasteiger partial charge in [0.25, 0.3) is 0 Å². The van der Waals surface area contributed by atoms with Crippen molar-refractivity contribution < 1.29 is 0 Å². The molecule has 1 unspecified atom stereocenters. The number of rotatable bonds is 8. The third kappa shape index (κ3) is 8.68. The second-order valence-electron chi connectivity index (χ2n) is 6.92. The van der Waals surface area contributed by atoms with Gasteiger partial charge >= 0.3 is 0 Å². The topological polar surface area (TPSA) is 42.9 Å². The Bertz CT molecular complexity index is 500. The normalized spacial score (nSPS) is 17.4. The number of guanidine groups is 1. The lowest BCUT2D eigenvalue weighted by Gasteiger charge is -2.35. The fraction of sp³-hybridized carbons (Fsp3) is 0.650. The highest BCUT2D eigenvalue weighted by atomic mass is 127. The van der Waals surface area contributed by atoms with Crippen molar-refractivity contribution in [2.75, 3.05) is 52.9 Å². The van der Waals surface area contributed by atoms with Crippen LogP contribution in [0.15, 0.2) is 35.3 Å². The Hall–Kier alpha value is -0.860. The summed E-state index contributed by atoms with van der Waals surface area (Å²) >= 11 is 0. The molecule has 1 saturated heterocycles. The van der Waals surface area contributed by atoms with Crippen molar-refractivity contribution in [2.24, 2.45) is 4.99 Å². The smallest absolute Gasteiger partial charge is 0.191 e. The van der Waals surface area contributed by atoms with Crippen LogP contribution in [0.1, 0.15) is 25.8 Å². The summed E-state index contributed by atoms with van der Waals surface area (Å²) in [6.45, 7) is 11.7. The molecule has 0 spiro atoms. The van der Waals surface area contributed by atoms with E-state index in [0.29, 0.717) is 6.04 Å². The molecule has 5 nitrogen and oxygen atoms in total. The molecule has 1 heterocycles. The molecule has 1 aromatic rings. The Morgan fingerprint density at radius 1 is 1.12 bits per heavy atom. The number of halogens is 1. The summed E-state index contributed by atoms with van der Waals surface area (Å²) in [5, 5.41) is 6.83. The maximum atomic E-state index is 4.79. The molecule has 0 bridgehead atoms. The third-order valence-corrected chi connectivity index (χ3v) is 4.80. The van der Waals surface area contributed by atoms with Crippen LogP contribution in [0.3, 0.4) is 0 Å². The molecular weight excluding hydrogens is 437 g/mol. The number of nitrogens with one attached hydrogen (secondary N) is 2. The van der Waals surface area contributed by atoms with Gasteiger partial charge in [-0.3, -0.25) is 9.89 Å². The van der Waals surface area contributed by atoms with Crippen molar-refractivity contribution in [1.29, 1.82) is 0 Å². The Morgan fingerprint density at radius 3 is 2.46 bits per heavy atom. The van der Waals surface area contributed by atoms with Crippen LogP contribution in [0.25, 0.3) is 0 Å². The number of hydrogen-bond acceptors (Lipinski definition) is 3. The first kappa shape index (κ1) is 23.2. The van der Waals surface area contributed by atoms with Crippen LogP contribution in [0.2, 0.25) is 0 Å². The molecule has 0 radical (unpaired) electrons. The van der Waals surface area contributed by atoms with E-state index in [0.717, 1.165) is 64.6 Å². The Kier molecular flexibility index (Phi) is 11.9. The molecule has 1 fully saturated rings. The fourth-order valence-corrected chi connectivity index (χ4v) is 3.09. The van der Waals surface area contributed by atoms with E-state index in [-0.39, 0.29) is 24.0 Å². The van der Waals surface area contributed by atoms with E-state index >= 15 is 0 Å². The Morgan fingerprint density at radius 2 is 1.81 bits per heavy atom. The fourth-order valence-electron chi connectivity index (χ4n) is 3.09. The maximum absolute atomic E-state index is 4.79. The van der Waals surface area contributed by atoms with Gasteiger partial charge in [0.2, 0.25) is 0 Å². The quantitative estimate of drug-likeness (QED) is 0.264. The lowest BCUT2D eigenvalue weighted by molar-refractivity contribution is 0.122. The van der Waals surface area contributed by atoms with Gasteiger partial charge in [-0.05, 0) is 39.3 Å². The van der Waals surface area contributed by atoms with E-state index in [2.05, 4.69) is 71.7 Å². The molecule has 0 amide bonds. The summed E-state index contributed by atoms with van der Waals surface area (Å²) in [7, 11) is 2.20. The summed E-state index contributed by atoms with van der Waals surface area (Å²) < 4.78 is 0. The minimum Gasteiger partial charge on any atom is -0.357 e. The van der Waals surface area contributed by atoms with Gasteiger partial charge in [0.15, 0.2) is 5.96 Å². The Labute approximate surface area is 176 Å². The highest BCUT2D eigenvalue weighted by Gasteiger charge is 2.18. The first-order valence-corrected chi connectivity index (χ1v) is 9.67. The molecule has 0 saturated carbocycles. The van der Waals surface area contributed by atoms with Crippen molar-refractivity contribution in [3.05, 3.63) is 35.9 Å². The van der Waals surface area contributed by atoms with Crippen molar-refractivity contribution >= 4 is 29.9 Å². The molecule has 1 aromatic carbocycles. The van der Waals surface area contributed by atoms with E-state index in [4.69, 9.17) is 4.99 Å². The van der Waals surface area contributed by atoms with Crippen LogP contribution >= 0.6 is 24.0 Å². The number of aryl methyl sites for hydroxylation is 1. The van der Waals surface area contributed by atoms with Gasteiger partial charge in [-0.2, -0.15) is 0 Å². The summed E-state index contributed by atoms with van der Waals surface area (Å²) in [6.07, 6.45) is 2.22. The predicted octanol–water partition coefficient (Wildman–Crippen LogP) is 2.43. The van der Waals surface area contributed by atoms with E-state index in [1.165, 1.54) is 5.56 Å². The maximum Gasteiger partial charge on any atom is 0.191 e. The van der Waals surface area contributed by atoms with E-state index in [1.807, 2.05) is 0 Å². The van der Waals surface area contributed by atoms with Gasteiger partial charge in [0.05, 0.1) is 6.54 Å². The molecule has 2 N–H and O–H groups in total. The second-order valence-corrected chi connectivity index (χ2v) is 6.92. The molecule has 26 heavy (non-hydrogen) atoms. The Balaban J connectivity index is 0.00000338. The second kappa shape index (κ2) is 13.3. The zero-order chi connectivity index (χ0) is 17.9. The first-order valence-electron chi connectivity index (χ1n) is 9.67. The van der Waals surface area contributed by atoms with Gasteiger partial charge in [-0.25, -0.2) is 0 Å². The van der Waals surface area contributed by atoms with Gasteiger partial charge < -0.3 is 15.5 Å². The molecule has 6 heteroatoms. The summed E-state index contributed by atoms with van der Waals surface area (Å²) in [4.78, 5) is 9.73. The SMILES string of the molecule is CCNC(=NCC(C)N1CCN(C)CC1)NCCCc1ccccc1.I. The van der Waals surface area contributed by atoms with Gasteiger partial charge in [-0.1, -0.05) is 30.3 Å². The highest BCUT2D eigenvalue weighted by Crippen LogP contribution is 2.05. The standard InChI is InChI=1S/C20H35N5.HI/c1-4-21-20(22-12-8-11-19-9-6-5-7-10-19)23-17-18(2)25-15-13-24(3)14-16-25;/h5-7,9-10,18H,4,8,11-17H2,1-3H3,(H2,21,22,23);1H. The highest BCUT2D eigenvalue weighted by molar-refractivity contribution is 14.0. The largest absolute Gasteiger partial charge is 0.357 e. The monoisotopic (exact) mass is 473 g/mol. The number of nitrogens with zero attached hydrogens (tertiary/aromatic N) is 3. The van der Waals surface area contributed by atoms with Crippen molar-refractivity contribution in [3.8, 4) is 0 Å². The van der Waals surface area contributed by atoms with Gasteiger partial charge in [-0.15, -0.1) is 24.0 Å². The lowest BCUT2D eigenvalue weighted by atomic mass is 10.1. The molecule has 1 aliphatic rings. The first-order chi connectivity index (χ1) is 12.2. The van der Waals surface area contributed by atoms with Crippen LogP contribution in [-0.2, 0) is 6.42 Å². The van der Waals surface area contributed by atoms with E-state index in [1.54, 1.807) is 0 Å².